The van der Waals surface area contributed by atoms with Crippen LogP contribution in [0.25, 0.3) is 0 Å². The molecule has 0 atom stereocenters. The Labute approximate surface area is 125 Å². The Morgan fingerprint density at radius 2 is 2.00 bits per heavy atom. The topological polar surface area (TPSA) is 44.5 Å². The summed E-state index contributed by atoms with van der Waals surface area (Å²) < 4.78 is 24.6. The first-order valence-electron chi connectivity index (χ1n) is 6.07. The minimum absolute atomic E-state index is 0.336. The lowest BCUT2D eigenvalue weighted by molar-refractivity contribution is 0.303. The first-order valence-corrected chi connectivity index (χ1v) is 6.87. The fourth-order valence-electron chi connectivity index (χ4n) is 1.78. The number of methoxy groups -OCH3 is 1. The molecule has 0 heterocycles. The normalized spacial score (nSPS) is 10.4. The van der Waals surface area contributed by atoms with Gasteiger partial charge in [-0.15, -0.1) is 0 Å². The molecule has 0 aliphatic carbocycles. The molecule has 0 spiro atoms. The van der Waals surface area contributed by atoms with E-state index < -0.39 is 0 Å². The highest BCUT2D eigenvalue weighted by atomic mass is 79.9. The van der Waals surface area contributed by atoms with Crippen LogP contribution in [0, 0.1) is 5.82 Å². The number of benzene rings is 2. The van der Waals surface area contributed by atoms with E-state index in [4.69, 9.17) is 15.2 Å². The summed E-state index contributed by atoms with van der Waals surface area (Å²) >= 11 is 3.10. The third kappa shape index (κ3) is 3.49. The molecule has 0 aromatic heterocycles. The predicted octanol–water partition coefficient (Wildman–Crippen LogP) is 3.63. The van der Waals surface area contributed by atoms with Crippen LogP contribution >= 0.6 is 15.9 Å². The van der Waals surface area contributed by atoms with Crippen molar-refractivity contribution in [3.63, 3.8) is 0 Å². The molecule has 0 fully saturated rings. The molecule has 0 aliphatic heterocycles. The van der Waals surface area contributed by atoms with Crippen LogP contribution in [0.3, 0.4) is 0 Å². The summed E-state index contributed by atoms with van der Waals surface area (Å²) in [6.07, 6.45) is 0. The van der Waals surface area contributed by atoms with Crippen LogP contribution in [0.1, 0.15) is 11.1 Å². The van der Waals surface area contributed by atoms with Crippen molar-refractivity contribution in [1.29, 1.82) is 0 Å². The summed E-state index contributed by atoms with van der Waals surface area (Å²) in [6.45, 7) is 0.754. The molecule has 0 amide bonds. The van der Waals surface area contributed by atoms with Gasteiger partial charge in [-0.1, -0.05) is 12.1 Å². The number of nitrogens with two attached hydrogens (primary N) is 1. The van der Waals surface area contributed by atoms with Crippen LogP contribution in [0.15, 0.2) is 40.9 Å². The summed E-state index contributed by atoms with van der Waals surface area (Å²) in [5.41, 5.74) is 7.48. The van der Waals surface area contributed by atoms with Gasteiger partial charge in [0.2, 0.25) is 0 Å². The van der Waals surface area contributed by atoms with Gasteiger partial charge in [-0.2, -0.15) is 0 Å². The van der Waals surface area contributed by atoms with Gasteiger partial charge in [0.25, 0.3) is 0 Å². The van der Waals surface area contributed by atoms with E-state index in [0.29, 0.717) is 23.4 Å². The summed E-state index contributed by atoms with van der Waals surface area (Å²) in [5.74, 6) is 0.863. The van der Waals surface area contributed by atoms with Crippen molar-refractivity contribution in [1.82, 2.24) is 0 Å². The first-order chi connectivity index (χ1) is 9.63. The fraction of sp³-hybridized carbons (Fsp3) is 0.200. The number of rotatable bonds is 5. The van der Waals surface area contributed by atoms with Crippen molar-refractivity contribution < 1.29 is 13.9 Å². The lowest BCUT2D eigenvalue weighted by atomic mass is 10.1. The van der Waals surface area contributed by atoms with Crippen LogP contribution in [-0.4, -0.2) is 7.11 Å². The molecule has 20 heavy (non-hydrogen) atoms. The number of halogens is 2. The van der Waals surface area contributed by atoms with E-state index in [9.17, 15) is 4.39 Å². The molecule has 0 saturated heterocycles. The van der Waals surface area contributed by atoms with Crippen molar-refractivity contribution in [2.75, 3.05) is 7.11 Å². The molecule has 5 heteroatoms. The van der Waals surface area contributed by atoms with Gasteiger partial charge in [0, 0.05) is 18.2 Å². The first kappa shape index (κ1) is 14.8. The van der Waals surface area contributed by atoms with Gasteiger partial charge in [0.15, 0.2) is 0 Å². The zero-order valence-corrected chi connectivity index (χ0v) is 12.6. The second-order valence-electron chi connectivity index (χ2n) is 4.21. The Kier molecular flexibility index (Phi) is 4.98. The standard InChI is InChI=1S/C15H15BrFNO2/c1-19-15-6-10(2-3-11(15)8-18)9-20-12-4-5-13(16)14(17)7-12/h2-7H,8-9,18H2,1H3. The molecule has 3 nitrogen and oxygen atoms in total. The lowest BCUT2D eigenvalue weighted by Crippen LogP contribution is -2.02. The Morgan fingerprint density at radius 3 is 2.65 bits per heavy atom. The maximum atomic E-state index is 13.4. The molecule has 2 N–H and O–H groups in total. The zero-order chi connectivity index (χ0) is 14.5. The van der Waals surface area contributed by atoms with Gasteiger partial charge in [-0.25, -0.2) is 4.39 Å². The number of hydrogen-bond acceptors (Lipinski definition) is 3. The zero-order valence-electron chi connectivity index (χ0n) is 11.0. The molecule has 106 valence electrons. The maximum Gasteiger partial charge on any atom is 0.141 e. The predicted molar refractivity (Wildman–Crippen MR) is 79.3 cm³/mol. The van der Waals surface area contributed by atoms with Gasteiger partial charge >= 0.3 is 0 Å². The molecule has 2 aromatic rings. The largest absolute Gasteiger partial charge is 0.496 e. The SMILES string of the molecule is COc1cc(COc2ccc(Br)c(F)c2)ccc1CN. The minimum atomic E-state index is -0.349. The van der Waals surface area contributed by atoms with E-state index in [1.54, 1.807) is 19.2 Å². The van der Waals surface area contributed by atoms with Crippen LogP contribution in [0.5, 0.6) is 11.5 Å². The van der Waals surface area contributed by atoms with Gasteiger partial charge < -0.3 is 15.2 Å². The number of ether oxygens (including phenoxy) is 2. The van der Waals surface area contributed by atoms with Crippen LogP contribution < -0.4 is 15.2 Å². The molecule has 2 aromatic carbocycles. The highest BCUT2D eigenvalue weighted by Crippen LogP contribution is 2.23. The summed E-state index contributed by atoms with van der Waals surface area (Å²) in [7, 11) is 1.60. The van der Waals surface area contributed by atoms with Gasteiger partial charge in [0.05, 0.1) is 11.6 Å². The van der Waals surface area contributed by atoms with Crippen molar-refractivity contribution >= 4 is 15.9 Å². The molecule has 0 radical (unpaired) electrons. The fourth-order valence-corrected chi connectivity index (χ4v) is 2.03. The van der Waals surface area contributed by atoms with Crippen molar-refractivity contribution in [2.45, 2.75) is 13.2 Å². The Balaban J connectivity index is 2.08. The second kappa shape index (κ2) is 6.72. The van der Waals surface area contributed by atoms with Crippen LogP contribution in [-0.2, 0) is 13.2 Å². The minimum Gasteiger partial charge on any atom is -0.496 e. The number of hydrogen-bond donors (Lipinski definition) is 1. The molecule has 0 saturated carbocycles. The van der Waals surface area contributed by atoms with E-state index in [0.717, 1.165) is 16.9 Å². The monoisotopic (exact) mass is 339 g/mol. The molecular weight excluding hydrogens is 325 g/mol. The van der Waals surface area contributed by atoms with Crippen molar-refractivity contribution in [2.24, 2.45) is 5.73 Å². The lowest BCUT2D eigenvalue weighted by Gasteiger charge is -2.11. The van der Waals surface area contributed by atoms with E-state index in [1.165, 1.54) is 6.07 Å². The van der Waals surface area contributed by atoms with Crippen molar-refractivity contribution in [3.05, 3.63) is 57.8 Å². The van der Waals surface area contributed by atoms with Crippen LogP contribution in [0.4, 0.5) is 4.39 Å². The van der Waals surface area contributed by atoms with E-state index in [2.05, 4.69) is 15.9 Å². The quantitative estimate of drug-likeness (QED) is 0.904. The molecule has 2 rings (SSSR count). The van der Waals surface area contributed by atoms with Crippen LogP contribution in [0.2, 0.25) is 0 Å². The van der Waals surface area contributed by atoms with Gasteiger partial charge in [-0.05, 0) is 39.7 Å². The van der Waals surface area contributed by atoms with Crippen molar-refractivity contribution in [3.8, 4) is 11.5 Å². The average molecular weight is 340 g/mol. The average Bonchev–Trinajstić information content (AvgIpc) is 2.48. The second-order valence-corrected chi connectivity index (χ2v) is 5.07. The van der Waals surface area contributed by atoms with Gasteiger partial charge in [-0.3, -0.25) is 0 Å². The highest BCUT2D eigenvalue weighted by molar-refractivity contribution is 9.10. The summed E-state index contributed by atoms with van der Waals surface area (Å²) in [4.78, 5) is 0. The van der Waals surface area contributed by atoms with E-state index in [1.807, 2.05) is 18.2 Å². The molecular formula is C15H15BrFNO2. The highest BCUT2D eigenvalue weighted by Gasteiger charge is 2.05. The summed E-state index contributed by atoms with van der Waals surface area (Å²) in [6, 6.07) is 10.4. The Bertz CT molecular complexity index is 604. The molecule has 0 bridgehead atoms. The van der Waals surface area contributed by atoms with E-state index in [-0.39, 0.29) is 5.82 Å². The maximum absolute atomic E-state index is 13.4. The smallest absolute Gasteiger partial charge is 0.141 e. The summed E-state index contributed by atoms with van der Waals surface area (Å²) in [5, 5.41) is 0. The van der Waals surface area contributed by atoms with Gasteiger partial charge in [0.1, 0.15) is 23.9 Å². The molecule has 0 aliphatic rings. The third-order valence-corrected chi connectivity index (χ3v) is 3.51. The Hall–Kier alpha value is -1.59. The third-order valence-electron chi connectivity index (χ3n) is 2.87. The van der Waals surface area contributed by atoms with E-state index >= 15 is 0 Å². The Morgan fingerprint density at radius 1 is 1.20 bits per heavy atom. The molecule has 0 unspecified atom stereocenters.